The Morgan fingerprint density at radius 2 is 1.80 bits per heavy atom. The van der Waals surface area contributed by atoms with Crippen LogP contribution in [0.3, 0.4) is 0 Å². The lowest BCUT2D eigenvalue weighted by molar-refractivity contribution is -0.605. The van der Waals surface area contributed by atoms with Gasteiger partial charge in [0.1, 0.15) is 22.7 Å². The molecule has 1 fully saturated rings. The number of aromatic nitrogens is 1. The molecule has 3 aromatic rings. The van der Waals surface area contributed by atoms with E-state index in [1.54, 1.807) is 0 Å². The Hall–Kier alpha value is -4.21. The summed E-state index contributed by atoms with van der Waals surface area (Å²) in [6.07, 6.45) is 3.46. The first kappa shape index (κ1) is 33.2. The normalized spacial score (nSPS) is 15.1. The topological polar surface area (TPSA) is 155 Å². The predicted octanol–water partition coefficient (Wildman–Crippen LogP) is 4.45. The zero-order chi connectivity index (χ0) is 33.3. The van der Waals surface area contributed by atoms with E-state index in [0.29, 0.717) is 4.73 Å². The number of hydrogen-bond acceptors (Lipinski definition) is 9. The highest BCUT2D eigenvalue weighted by Crippen LogP contribution is 2.38. The van der Waals surface area contributed by atoms with Crippen molar-refractivity contribution in [3.05, 3.63) is 80.7 Å². The number of ether oxygens (including phenoxy) is 3. The first-order valence-electron chi connectivity index (χ1n) is 13.6. The van der Waals surface area contributed by atoms with Crippen LogP contribution in [0.2, 0.25) is 10.0 Å². The minimum absolute atomic E-state index is 0.0267. The fourth-order valence-electron chi connectivity index (χ4n) is 4.72. The van der Waals surface area contributed by atoms with Crippen molar-refractivity contribution in [1.29, 1.82) is 0 Å². The van der Waals surface area contributed by atoms with E-state index in [0.717, 1.165) is 36.4 Å². The third-order valence-electron chi connectivity index (χ3n) is 7.01. The number of amides is 1. The molecule has 1 atom stereocenters. The van der Waals surface area contributed by atoms with Gasteiger partial charge in [0.2, 0.25) is 10.0 Å². The highest BCUT2D eigenvalue weighted by Gasteiger charge is 2.38. The number of anilines is 2. The van der Waals surface area contributed by atoms with E-state index < -0.39 is 46.9 Å². The number of sulfonamides is 1. The second kappa shape index (κ2) is 13.3. The molecule has 1 aliphatic carbocycles. The molecule has 5 rings (SSSR count). The molecule has 1 amide bonds. The lowest BCUT2D eigenvalue weighted by Crippen LogP contribution is -2.36. The zero-order valence-electron chi connectivity index (χ0n) is 23.9. The van der Waals surface area contributed by atoms with Crippen LogP contribution < -0.4 is 23.8 Å². The molecule has 17 heteroatoms. The van der Waals surface area contributed by atoms with Crippen molar-refractivity contribution < 1.29 is 50.5 Å². The lowest BCUT2D eigenvalue weighted by Gasteiger charge is -2.23. The number of nitrogens with zero attached hydrogens (tertiary/aromatic N) is 2. The number of carbonyl (C=O) groups is 3. The molecule has 1 aromatic heterocycles. The quantitative estimate of drug-likeness (QED) is 0.118. The molecule has 2 aromatic carbocycles. The van der Waals surface area contributed by atoms with E-state index in [4.69, 9.17) is 32.7 Å². The van der Waals surface area contributed by atoms with Gasteiger partial charge in [-0.25, -0.2) is 8.42 Å². The molecule has 2 aliphatic rings. The number of nitrogens with one attached hydrogen (secondary N) is 1. The molecular weight excluding hydrogens is 675 g/mol. The van der Waals surface area contributed by atoms with Gasteiger partial charge >= 0.3 is 12.6 Å². The molecule has 0 bridgehead atoms. The SMILES string of the molecule is CS(=O)(=O)Nc1ccc2c(c1)C(=O)C(=O)N2CC(=O)OC(Cc1c(Cl)c[n+]([O-])cc1Cl)c1ccc(OC(F)F)c(OCC2CC2)c1. The summed E-state index contributed by atoms with van der Waals surface area (Å²) in [5, 5.41) is 11.7. The van der Waals surface area contributed by atoms with Crippen LogP contribution in [0.15, 0.2) is 48.8 Å². The van der Waals surface area contributed by atoms with Gasteiger partial charge in [-0.15, -0.1) is 0 Å². The highest BCUT2D eigenvalue weighted by molar-refractivity contribution is 7.92. The van der Waals surface area contributed by atoms with E-state index >= 15 is 0 Å². The molecule has 0 saturated heterocycles. The summed E-state index contributed by atoms with van der Waals surface area (Å²) in [6, 6.07) is 7.77. The maximum atomic E-state index is 13.3. The maximum Gasteiger partial charge on any atom is 0.387 e. The van der Waals surface area contributed by atoms with Crippen molar-refractivity contribution in [2.45, 2.75) is 32.0 Å². The number of halogens is 4. The summed E-state index contributed by atoms with van der Waals surface area (Å²) >= 11 is 12.6. The van der Waals surface area contributed by atoms with Gasteiger partial charge in [0.25, 0.3) is 11.7 Å². The third-order valence-corrected chi connectivity index (χ3v) is 8.27. The summed E-state index contributed by atoms with van der Waals surface area (Å²) in [5.74, 6) is -2.99. The van der Waals surface area contributed by atoms with Crippen LogP contribution in [0.5, 0.6) is 11.5 Å². The molecule has 1 N–H and O–H groups in total. The number of Topliss-reactive ketones (excluding diaryl/α,β-unsaturated/α-hetero) is 1. The average molecular weight is 701 g/mol. The fraction of sp³-hybridized carbons (Fsp3) is 0.310. The van der Waals surface area contributed by atoms with Crippen molar-refractivity contribution in [1.82, 2.24) is 0 Å². The maximum absolute atomic E-state index is 13.3. The van der Waals surface area contributed by atoms with Crippen LogP contribution in [0.4, 0.5) is 20.2 Å². The molecule has 0 radical (unpaired) electrons. The lowest BCUT2D eigenvalue weighted by atomic mass is 10.0. The number of pyridine rings is 1. The van der Waals surface area contributed by atoms with Crippen LogP contribution in [-0.4, -0.2) is 52.1 Å². The van der Waals surface area contributed by atoms with Gasteiger partial charge in [-0.05, 0) is 54.7 Å². The number of carbonyl (C=O) groups excluding carboxylic acids is 3. The van der Waals surface area contributed by atoms with Gasteiger partial charge in [-0.2, -0.15) is 13.5 Å². The minimum atomic E-state index is -3.67. The van der Waals surface area contributed by atoms with Crippen molar-refractivity contribution in [3.8, 4) is 11.5 Å². The largest absolute Gasteiger partial charge is 0.619 e. The van der Waals surface area contributed by atoms with E-state index in [-0.39, 0.29) is 68.6 Å². The first-order chi connectivity index (χ1) is 21.7. The van der Waals surface area contributed by atoms with Gasteiger partial charge < -0.3 is 19.4 Å². The number of ketones is 1. The van der Waals surface area contributed by atoms with Gasteiger partial charge in [-0.3, -0.25) is 24.0 Å². The Bertz CT molecular complexity index is 1800. The van der Waals surface area contributed by atoms with E-state index in [9.17, 15) is 36.8 Å². The minimum Gasteiger partial charge on any atom is -0.619 e. The van der Waals surface area contributed by atoms with Crippen LogP contribution in [-0.2, 0) is 30.8 Å². The van der Waals surface area contributed by atoms with Crippen LogP contribution >= 0.6 is 23.2 Å². The number of benzene rings is 2. The molecule has 244 valence electrons. The molecule has 2 heterocycles. The monoisotopic (exact) mass is 699 g/mol. The van der Waals surface area contributed by atoms with Gasteiger partial charge in [-0.1, -0.05) is 29.3 Å². The molecule has 1 saturated carbocycles. The Morgan fingerprint density at radius 1 is 1.11 bits per heavy atom. The molecule has 1 unspecified atom stereocenters. The van der Waals surface area contributed by atoms with Crippen molar-refractivity contribution in [2.24, 2.45) is 5.92 Å². The number of esters is 1. The molecular formula is C29H25Cl2F2N3O9S. The summed E-state index contributed by atoms with van der Waals surface area (Å²) in [7, 11) is -3.67. The second-order valence-electron chi connectivity index (χ2n) is 10.6. The number of alkyl halides is 2. The summed E-state index contributed by atoms with van der Waals surface area (Å²) < 4.78 is 68.2. The van der Waals surface area contributed by atoms with Crippen LogP contribution in [0.1, 0.15) is 40.4 Å². The Balaban J connectivity index is 1.44. The summed E-state index contributed by atoms with van der Waals surface area (Å²) in [4.78, 5) is 39.8. The fourth-order valence-corrected chi connectivity index (χ4v) is 5.88. The van der Waals surface area contributed by atoms with Gasteiger partial charge in [0.15, 0.2) is 23.9 Å². The van der Waals surface area contributed by atoms with E-state index in [1.165, 1.54) is 36.4 Å². The molecule has 0 spiro atoms. The van der Waals surface area contributed by atoms with Crippen LogP contribution in [0, 0.1) is 11.1 Å². The van der Waals surface area contributed by atoms with E-state index in [1.807, 2.05) is 0 Å². The zero-order valence-corrected chi connectivity index (χ0v) is 26.2. The van der Waals surface area contributed by atoms with Crippen LogP contribution in [0.25, 0.3) is 0 Å². The summed E-state index contributed by atoms with van der Waals surface area (Å²) in [6.45, 7) is -3.61. The summed E-state index contributed by atoms with van der Waals surface area (Å²) in [5.41, 5.74) is 0.462. The number of hydrogen-bond donors (Lipinski definition) is 1. The average Bonchev–Trinajstić information content (AvgIpc) is 3.76. The number of rotatable bonds is 13. The molecule has 12 nitrogen and oxygen atoms in total. The Morgan fingerprint density at radius 3 is 2.43 bits per heavy atom. The highest BCUT2D eigenvalue weighted by atomic mass is 35.5. The van der Waals surface area contributed by atoms with E-state index in [2.05, 4.69) is 9.46 Å². The molecule has 46 heavy (non-hydrogen) atoms. The Kier molecular flexibility index (Phi) is 9.56. The second-order valence-corrected chi connectivity index (χ2v) is 13.2. The van der Waals surface area contributed by atoms with Crippen molar-refractivity contribution in [3.63, 3.8) is 0 Å². The smallest absolute Gasteiger partial charge is 0.387 e. The van der Waals surface area contributed by atoms with Gasteiger partial charge in [0.05, 0.1) is 24.1 Å². The van der Waals surface area contributed by atoms with Gasteiger partial charge in [0, 0.05) is 17.7 Å². The third kappa shape index (κ3) is 7.95. The standard InChI is InChI=1S/C29H25Cl2F2N3O9S/c1-46(41,42)34-17-5-6-22-19(9-17)27(38)28(39)36(22)13-26(37)44-24(10-18-20(30)11-35(40)12-21(18)31)16-4-7-23(45-29(32)33)25(8-16)43-14-15-2-3-15/h4-9,11-12,15,24,29,34H,2-3,10,13-14H2,1H3. The van der Waals surface area contributed by atoms with Crippen molar-refractivity contribution in [2.75, 3.05) is 29.0 Å². The Labute approximate surface area is 271 Å². The first-order valence-corrected chi connectivity index (χ1v) is 16.3. The predicted molar refractivity (Wildman–Crippen MR) is 161 cm³/mol. The van der Waals surface area contributed by atoms with Crippen molar-refractivity contribution >= 4 is 62.3 Å². The molecule has 1 aliphatic heterocycles. The number of fused-ring (bicyclic) bond motifs is 1.